The number of nitrogens with zero attached hydrogens (tertiary/aromatic N) is 1. The second-order valence-corrected chi connectivity index (χ2v) is 4.46. The standard InChI is InChI=1S/C13H16N4O2/c1-8(9-2-4-10(14)5-3-9)15-13(19)11-6-7-12(18)17-16-11/h2-5,8H,6-7,14H2,1H3,(H,15,19)(H,17,18). The minimum absolute atomic E-state index is 0.145. The number of nitrogens with two attached hydrogens (primary N) is 1. The maximum absolute atomic E-state index is 11.9. The molecule has 1 unspecified atom stereocenters. The lowest BCUT2D eigenvalue weighted by Crippen LogP contribution is -2.37. The van der Waals surface area contributed by atoms with E-state index in [1.54, 1.807) is 12.1 Å². The van der Waals surface area contributed by atoms with E-state index in [9.17, 15) is 9.59 Å². The smallest absolute Gasteiger partial charge is 0.267 e. The van der Waals surface area contributed by atoms with Crippen LogP contribution in [0.1, 0.15) is 31.4 Å². The number of nitrogens with one attached hydrogen (secondary N) is 2. The molecule has 0 aromatic heterocycles. The van der Waals surface area contributed by atoms with E-state index in [1.807, 2.05) is 19.1 Å². The van der Waals surface area contributed by atoms with E-state index >= 15 is 0 Å². The molecule has 0 saturated carbocycles. The number of benzene rings is 1. The van der Waals surface area contributed by atoms with E-state index in [4.69, 9.17) is 5.73 Å². The summed E-state index contributed by atoms with van der Waals surface area (Å²) < 4.78 is 0. The SMILES string of the molecule is CC(NC(=O)C1=NNC(=O)CC1)c1ccc(N)cc1. The number of hydrogen-bond donors (Lipinski definition) is 3. The van der Waals surface area contributed by atoms with Gasteiger partial charge in [-0.2, -0.15) is 5.10 Å². The zero-order valence-electron chi connectivity index (χ0n) is 10.6. The summed E-state index contributed by atoms with van der Waals surface area (Å²) in [6, 6.07) is 7.16. The molecule has 0 fully saturated rings. The van der Waals surface area contributed by atoms with Crippen molar-refractivity contribution in [1.29, 1.82) is 0 Å². The zero-order chi connectivity index (χ0) is 13.8. The molecular weight excluding hydrogens is 244 g/mol. The van der Waals surface area contributed by atoms with Crippen LogP contribution in [0.3, 0.4) is 0 Å². The molecule has 0 spiro atoms. The molecule has 0 aliphatic carbocycles. The lowest BCUT2D eigenvalue weighted by Gasteiger charge is -2.17. The summed E-state index contributed by atoms with van der Waals surface area (Å²) in [6.45, 7) is 1.88. The maximum Gasteiger partial charge on any atom is 0.267 e. The normalized spacial score (nSPS) is 16.3. The van der Waals surface area contributed by atoms with Crippen LogP contribution >= 0.6 is 0 Å². The zero-order valence-corrected chi connectivity index (χ0v) is 10.6. The van der Waals surface area contributed by atoms with Crippen LogP contribution in [0.25, 0.3) is 0 Å². The fourth-order valence-electron chi connectivity index (χ4n) is 1.79. The van der Waals surface area contributed by atoms with Gasteiger partial charge in [0, 0.05) is 18.5 Å². The van der Waals surface area contributed by atoms with Gasteiger partial charge in [-0.1, -0.05) is 12.1 Å². The molecule has 0 radical (unpaired) electrons. The number of carbonyl (C=O) groups is 2. The maximum atomic E-state index is 11.9. The Kier molecular flexibility index (Phi) is 3.79. The van der Waals surface area contributed by atoms with Gasteiger partial charge in [-0.25, -0.2) is 5.43 Å². The number of rotatable bonds is 3. The molecule has 1 aromatic carbocycles. The van der Waals surface area contributed by atoms with Crippen molar-refractivity contribution in [2.75, 3.05) is 5.73 Å². The molecule has 0 saturated heterocycles. The second kappa shape index (κ2) is 5.51. The van der Waals surface area contributed by atoms with Crippen LogP contribution in [0.2, 0.25) is 0 Å². The van der Waals surface area contributed by atoms with E-state index in [1.165, 1.54) is 0 Å². The van der Waals surface area contributed by atoms with Gasteiger partial charge in [0.2, 0.25) is 5.91 Å². The van der Waals surface area contributed by atoms with Crippen molar-refractivity contribution in [1.82, 2.24) is 10.7 Å². The molecule has 100 valence electrons. The first kappa shape index (κ1) is 13.1. The van der Waals surface area contributed by atoms with Crippen LogP contribution in [0.4, 0.5) is 5.69 Å². The van der Waals surface area contributed by atoms with Gasteiger partial charge in [0.15, 0.2) is 0 Å². The summed E-state index contributed by atoms with van der Waals surface area (Å²) >= 11 is 0. The third-order valence-electron chi connectivity index (χ3n) is 2.95. The summed E-state index contributed by atoms with van der Waals surface area (Å²) in [6.07, 6.45) is 0.661. The number of amides is 2. The summed E-state index contributed by atoms with van der Waals surface area (Å²) in [5.41, 5.74) is 9.91. The highest BCUT2D eigenvalue weighted by atomic mass is 16.2. The van der Waals surface area contributed by atoms with Crippen LogP contribution < -0.4 is 16.5 Å². The Morgan fingerprint density at radius 1 is 1.37 bits per heavy atom. The van der Waals surface area contributed by atoms with Gasteiger partial charge >= 0.3 is 0 Å². The van der Waals surface area contributed by atoms with Crippen molar-refractivity contribution in [2.45, 2.75) is 25.8 Å². The molecule has 2 amide bonds. The Bertz CT molecular complexity index is 522. The Morgan fingerprint density at radius 3 is 2.63 bits per heavy atom. The van der Waals surface area contributed by atoms with Gasteiger partial charge in [0.1, 0.15) is 5.71 Å². The Morgan fingerprint density at radius 2 is 2.05 bits per heavy atom. The van der Waals surface area contributed by atoms with Crippen LogP contribution in [0.5, 0.6) is 0 Å². The molecule has 1 aliphatic heterocycles. The van der Waals surface area contributed by atoms with E-state index in [2.05, 4.69) is 15.8 Å². The molecule has 6 nitrogen and oxygen atoms in total. The second-order valence-electron chi connectivity index (χ2n) is 4.46. The number of nitrogen functional groups attached to an aromatic ring is 1. The number of anilines is 1. The summed E-state index contributed by atoms with van der Waals surface area (Å²) in [7, 11) is 0. The predicted octanol–water partition coefficient (Wildman–Crippen LogP) is 0.712. The molecular formula is C13H16N4O2. The first-order valence-electron chi connectivity index (χ1n) is 6.08. The Labute approximate surface area is 111 Å². The largest absolute Gasteiger partial charge is 0.399 e. The van der Waals surface area contributed by atoms with Gasteiger partial charge in [-0.05, 0) is 24.6 Å². The lowest BCUT2D eigenvalue weighted by molar-refractivity contribution is -0.121. The minimum Gasteiger partial charge on any atom is -0.399 e. The van der Waals surface area contributed by atoms with Crippen LogP contribution in [0.15, 0.2) is 29.4 Å². The fourth-order valence-corrected chi connectivity index (χ4v) is 1.79. The monoisotopic (exact) mass is 260 g/mol. The molecule has 1 atom stereocenters. The van der Waals surface area contributed by atoms with E-state index in [0.717, 1.165) is 5.56 Å². The van der Waals surface area contributed by atoms with Crippen LogP contribution in [-0.4, -0.2) is 17.5 Å². The highest BCUT2D eigenvalue weighted by molar-refractivity contribution is 6.39. The molecule has 1 aromatic rings. The first-order chi connectivity index (χ1) is 9.06. The molecule has 6 heteroatoms. The summed E-state index contributed by atoms with van der Waals surface area (Å²) in [5.74, 6) is -0.424. The summed E-state index contributed by atoms with van der Waals surface area (Å²) in [4.78, 5) is 22.9. The fraction of sp³-hybridized carbons (Fsp3) is 0.308. The number of hydrogen-bond acceptors (Lipinski definition) is 4. The van der Waals surface area contributed by atoms with Crippen molar-refractivity contribution >= 4 is 23.2 Å². The highest BCUT2D eigenvalue weighted by Crippen LogP contribution is 2.14. The summed E-state index contributed by atoms with van der Waals surface area (Å²) in [5, 5.41) is 6.59. The highest BCUT2D eigenvalue weighted by Gasteiger charge is 2.19. The predicted molar refractivity (Wildman–Crippen MR) is 72.2 cm³/mol. The number of carbonyl (C=O) groups excluding carboxylic acids is 2. The van der Waals surface area contributed by atoms with Gasteiger partial charge in [0.05, 0.1) is 6.04 Å². The van der Waals surface area contributed by atoms with Gasteiger partial charge < -0.3 is 11.1 Å². The molecule has 0 bridgehead atoms. The first-order valence-corrected chi connectivity index (χ1v) is 6.08. The van der Waals surface area contributed by atoms with E-state index in [0.29, 0.717) is 24.2 Å². The number of hydrazone groups is 1. The van der Waals surface area contributed by atoms with Crippen LogP contribution in [0, 0.1) is 0 Å². The topological polar surface area (TPSA) is 96.6 Å². The molecule has 4 N–H and O–H groups in total. The average molecular weight is 260 g/mol. The van der Waals surface area contributed by atoms with E-state index in [-0.39, 0.29) is 17.9 Å². The Hall–Kier alpha value is -2.37. The third-order valence-corrected chi connectivity index (χ3v) is 2.95. The van der Waals surface area contributed by atoms with Crippen molar-refractivity contribution in [2.24, 2.45) is 5.10 Å². The Balaban J connectivity index is 1.99. The molecule has 1 aliphatic rings. The minimum atomic E-state index is -0.260. The lowest BCUT2D eigenvalue weighted by atomic mass is 10.1. The van der Waals surface area contributed by atoms with Gasteiger partial charge in [0.25, 0.3) is 5.91 Å². The van der Waals surface area contributed by atoms with Crippen molar-refractivity contribution in [3.63, 3.8) is 0 Å². The van der Waals surface area contributed by atoms with Gasteiger partial charge in [-0.3, -0.25) is 9.59 Å². The van der Waals surface area contributed by atoms with E-state index < -0.39 is 0 Å². The van der Waals surface area contributed by atoms with Crippen LogP contribution in [-0.2, 0) is 9.59 Å². The third kappa shape index (κ3) is 3.31. The molecule has 2 rings (SSSR count). The molecule has 19 heavy (non-hydrogen) atoms. The average Bonchev–Trinajstić information content (AvgIpc) is 2.40. The van der Waals surface area contributed by atoms with Gasteiger partial charge in [-0.15, -0.1) is 0 Å². The van der Waals surface area contributed by atoms with Crippen molar-refractivity contribution < 1.29 is 9.59 Å². The quantitative estimate of drug-likeness (QED) is 0.698. The molecule has 1 heterocycles. The van der Waals surface area contributed by atoms with Crippen molar-refractivity contribution in [3.05, 3.63) is 29.8 Å². The van der Waals surface area contributed by atoms with Crippen molar-refractivity contribution in [3.8, 4) is 0 Å².